The first-order valence-corrected chi connectivity index (χ1v) is 4.33. The third-order valence-electron chi connectivity index (χ3n) is 1.68. The monoisotopic (exact) mass is 223 g/mol. The van der Waals surface area contributed by atoms with Gasteiger partial charge in [0.25, 0.3) is 0 Å². The topological polar surface area (TPSA) is 53.4 Å². The van der Waals surface area contributed by atoms with Crippen LogP contribution in [0.15, 0.2) is 12.1 Å². The number of halogens is 3. The Kier molecular flexibility index (Phi) is 3.74. The van der Waals surface area contributed by atoms with E-state index in [0.29, 0.717) is 0 Å². The second kappa shape index (κ2) is 4.63. The fraction of sp³-hybridized carbons (Fsp3) is 0.375. The fourth-order valence-corrected chi connectivity index (χ4v) is 1.10. The molecule has 0 bridgehead atoms. The molecule has 78 valence electrons. The molecule has 1 aromatic rings. The quantitative estimate of drug-likeness (QED) is 0.594. The first kappa shape index (κ1) is 11.3. The smallest absolute Gasteiger partial charge is 0.221 e. The van der Waals surface area contributed by atoms with Gasteiger partial charge in [-0.15, -0.1) is 11.6 Å². The van der Waals surface area contributed by atoms with Crippen LogP contribution < -0.4 is 0 Å². The molecule has 2 unspecified atom stereocenters. The third kappa shape index (κ3) is 2.37. The summed E-state index contributed by atoms with van der Waals surface area (Å²) in [6.07, 6.45) is -2.81. The number of pyridine rings is 1. The van der Waals surface area contributed by atoms with Crippen LogP contribution >= 0.6 is 11.6 Å². The molecule has 0 aliphatic rings. The molecule has 0 amide bonds. The van der Waals surface area contributed by atoms with E-state index in [4.69, 9.17) is 16.7 Å². The van der Waals surface area contributed by atoms with Crippen LogP contribution in [0.5, 0.6) is 0 Å². The summed E-state index contributed by atoms with van der Waals surface area (Å²) in [7, 11) is 0. The lowest BCUT2D eigenvalue weighted by Gasteiger charge is -2.15. The summed E-state index contributed by atoms with van der Waals surface area (Å²) in [5.41, 5.74) is -0.278. The number of hydrogen-bond donors (Lipinski definition) is 2. The number of alkyl halides is 1. The van der Waals surface area contributed by atoms with Crippen molar-refractivity contribution in [2.75, 3.05) is 5.88 Å². The van der Waals surface area contributed by atoms with Crippen molar-refractivity contribution in [3.8, 4) is 0 Å². The zero-order chi connectivity index (χ0) is 10.7. The predicted molar refractivity (Wildman–Crippen MR) is 45.8 cm³/mol. The second-order valence-electron chi connectivity index (χ2n) is 2.68. The predicted octanol–water partition coefficient (Wildman–Crippen LogP) is 0.993. The Morgan fingerprint density at radius 2 is 2.00 bits per heavy atom. The Bertz CT molecular complexity index is 324. The van der Waals surface area contributed by atoms with E-state index in [9.17, 15) is 13.9 Å². The molecule has 1 rings (SSSR count). The lowest BCUT2D eigenvalue weighted by atomic mass is 10.1. The normalized spacial score (nSPS) is 15.2. The van der Waals surface area contributed by atoms with Crippen LogP contribution in [0.3, 0.4) is 0 Å². The van der Waals surface area contributed by atoms with Crippen LogP contribution in [0.25, 0.3) is 0 Å². The van der Waals surface area contributed by atoms with Gasteiger partial charge in [0.05, 0.1) is 12.0 Å². The van der Waals surface area contributed by atoms with Crippen molar-refractivity contribution in [1.29, 1.82) is 0 Å². The molecular weight excluding hydrogens is 216 g/mol. The maximum Gasteiger partial charge on any atom is 0.221 e. The molecule has 2 atom stereocenters. The summed E-state index contributed by atoms with van der Waals surface area (Å²) in [6.45, 7) is 0. The number of aromatic nitrogens is 1. The minimum atomic E-state index is -1.50. The van der Waals surface area contributed by atoms with E-state index in [2.05, 4.69) is 4.98 Å². The molecule has 0 aliphatic heterocycles. The largest absolute Gasteiger partial charge is 0.389 e. The molecule has 1 heterocycles. The highest BCUT2D eigenvalue weighted by molar-refractivity contribution is 6.18. The van der Waals surface area contributed by atoms with Gasteiger partial charge in [0.1, 0.15) is 6.10 Å². The first-order chi connectivity index (χ1) is 6.56. The average Bonchev–Trinajstić information content (AvgIpc) is 2.15. The van der Waals surface area contributed by atoms with Crippen molar-refractivity contribution in [2.24, 2.45) is 0 Å². The Morgan fingerprint density at radius 1 is 1.36 bits per heavy atom. The molecule has 0 aromatic carbocycles. The molecule has 0 radical (unpaired) electrons. The Hall–Kier alpha value is -0.780. The van der Waals surface area contributed by atoms with E-state index in [-0.39, 0.29) is 11.4 Å². The minimum Gasteiger partial charge on any atom is -0.389 e. The number of rotatable bonds is 3. The number of hydrogen-bond acceptors (Lipinski definition) is 3. The van der Waals surface area contributed by atoms with Crippen LogP contribution in [-0.2, 0) is 0 Å². The maximum absolute atomic E-state index is 12.9. The second-order valence-corrected chi connectivity index (χ2v) is 2.99. The summed E-state index contributed by atoms with van der Waals surface area (Å²) in [6, 6.07) is 1.90. The first-order valence-electron chi connectivity index (χ1n) is 3.80. The highest BCUT2D eigenvalue weighted by atomic mass is 35.5. The van der Waals surface area contributed by atoms with Gasteiger partial charge in [0.2, 0.25) is 11.9 Å². The standard InChI is InChI=1S/C8H8ClF2NO2/c9-3-5(13)7(14)4-1-2-6(10)12-8(4)11/h1-2,5,7,13-14H,3H2. The molecule has 0 aliphatic carbocycles. The van der Waals surface area contributed by atoms with Gasteiger partial charge in [0.15, 0.2) is 0 Å². The van der Waals surface area contributed by atoms with Crippen LogP contribution in [0, 0.1) is 11.9 Å². The van der Waals surface area contributed by atoms with Crippen LogP contribution in [-0.4, -0.2) is 27.2 Å². The minimum absolute atomic E-state index is 0.252. The lowest BCUT2D eigenvalue weighted by molar-refractivity contribution is 0.0298. The molecule has 6 heteroatoms. The summed E-state index contributed by atoms with van der Waals surface area (Å²) in [5, 5.41) is 18.4. The third-order valence-corrected chi connectivity index (χ3v) is 2.00. The molecule has 2 N–H and O–H groups in total. The zero-order valence-electron chi connectivity index (χ0n) is 6.99. The Labute approximate surface area is 84.0 Å². The van der Waals surface area contributed by atoms with Gasteiger partial charge in [-0.3, -0.25) is 0 Å². The average molecular weight is 224 g/mol. The van der Waals surface area contributed by atoms with E-state index in [1.807, 2.05) is 0 Å². The highest BCUT2D eigenvalue weighted by Crippen LogP contribution is 2.19. The van der Waals surface area contributed by atoms with Crippen LogP contribution in [0.1, 0.15) is 11.7 Å². The zero-order valence-corrected chi connectivity index (χ0v) is 7.75. The fourth-order valence-electron chi connectivity index (χ4n) is 0.935. The SMILES string of the molecule is OC(CCl)C(O)c1ccc(F)nc1F. The van der Waals surface area contributed by atoms with Gasteiger partial charge in [-0.2, -0.15) is 13.8 Å². The lowest BCUT2D eigenvalue weighted by Crippen LogP contribution is -2.21. The van der Waals surface area contributed by atoms with Crippen molar-refractivity contribution in [2.45, 2.75) is 12.2 Å². The Morgan fingerprint density at radius 3 is 2.50 bits per heavy atom. The van der Waals surface area contributed by atoms with Gasteiger partial charge in [0, 0.05) is 5.56 Å². The van der Waals surface area contributed by atoms with E-state index in [1.54, 1.807) is 0 Å². The van der Waals surface area contributed by atoms with Gasteiger partial charge >= 0.3 is 0 Å². The molecule has 0 saturated heterocycles. The summed E-state index contributed by atoms with van der Waals surface area (Å²) >= 11 is 5.25. The van der Waals surface area contributed by atoms with E-state index >= 15 is 0 Å². The summed E-state index contributed by atoms with van der Waals surface area (Å²) in [5.74, 6) is -2.39. The van der Waals surface area contributed by atoms with Crippen molar-refractivity contribution < 1.29 is 19.0 Å². The molecule has 1 aromatic heterocycles. The van der Waals surface area contributed by atoms with Gasteiger partial charge in [-0.25, -0.2) is 0 Å². The number of aliphatic hydroxyl groups excluding tert-OH is 2. The number of nitrogens with zero attached hydrogens (tertiary/aromatic N) is 1. The molecular formula is C8H8ClF2NO2. The summed E-state index contributed by atoms with van der Waals surface area (Å²) in [4.78, 5) is 2.86. The van der Waals surface area contributed by atoms with E-state index in [0.717, 1.165) is 12.1 Å². The van der Waals surface area contributed by atoms with E-state index in [1.165, 1.54) is 0 Å². The van der Waals surface area contributed by atoms with Crippen molar-refractivity contribution in [3.63, 3.8) is 0 Å². The van der Waals surface area contributed by atoms with Crippen LogP contribution in [0.2, 0.25) is 0 Å². The van der Waals surface area contributed by atoms with Gasteiger partial charge in [-0.1, -0.05) is 0 Å². The maximum atomic E-state index is 12.9. The molecule has 3 nitrogen and oxygen atoms in total. The molecule has 0 saturated carbocycles. The molecule has 0 spiro atoms. The van der Waals surface area contributed by atoms with Gasteiger partial charge < -0.3 is 10.2 Å². The molecule has 0 fully saturated rings. The molecule has 14 heavy (non-hydrogen) atoms. The van der Waals surface area contributed by atoms with Crippen LogP contribution in [0.4, 0.5) is 8.78 Å². The summed E-state index contributed by atoms with van der Waals surface area (Å²) < 4.78 is 25.3. The van der Waals surface area contributed by atoms with Crippen molar-refractivity contribution >= 4 is 11.6 Å². The van der Waals surface area contributed by atoms with Crippen molar-refractivity contribution in [3.05, 3.63) is 29.6 Å². The highest BCUT2D eigenvalue weighted by Gasteiger charge is 2.21. The van der Waals surface area contributed by atoms with Crippen molar-refractivity contribution in [1.82, 2.24) is 4.98 Å². The Balaban J connectivity index is 2.95. The van der Waals surface area contributed by atoms with E-state index < -0.39 is 24.1 Å². The van der Waals surface area contributed by atoms with Gasteiger partial charge in [-0.05, 0) is 12.1 Å². The number of aliphatic hydroxyl groups is 2.